The van der Waals surface area contributed by atoms with Crippen molar-refractivity contribution >= 4 is 37.8 Å². The number of hydrogen-bond donors (Lipinski definition) is 0. The predicted molar refractivity (Wildman–Crippen MR) is 74.7 cm³/mol. The molecule has 0 aliphatic heterocycles. The van der Waals surface area contributed by atoms with Gasteiger partial charge in [0.15, 0.2) is 0 Å². The minimum absolute atomic E-state index is 0.277. The van der Waals surface area contributed by atoms with Crippen LogP contribution in [0.25, 0.3) is 0 Å². The van der Waals surface area contributed by atoms with E-state index < -0.39 is 0 Å². The van der Waals surface area contributed by atoms with E-state index in [-0.39, 0.29) is 12.8 Å². The van der Waals surface area contributed by atoms with Gasteiger partial charge in [-0.2, -0.15) is 0 Å². The van der Waals surface area contributed by atoms with Crippen molar-refractivity contribution in [3.05, 3.63) is 32.2 Å². The maximum Gasteiger partial charge on any atom is 0.339 e. The standard InChI is InChI=1S/C12H14Br2O4/c1-16-7-18-4-3-8-5-11(14)9(6-10(8)13)12(15)17-2/h5-6H,3-4,7H2,1-2H3. The third-order valence-electron chi connectivity index (χ3n) is 2.26. The third kappa shape index (κ3) is 4.35. The second-order valence-electron chi connectivity index (χ2n) is 3.48. The number of carbonyl (C=O) groups excluding carboxylic acids is 1. The van der Waals surface area contributed by atoms with Crippen LogP contribution < -0.4 is 0 Å². The van der Waals surface area contributed by atoms with Crippen LogP contribution in [0.4, 0.5) is 0 Å². The number of rotatable bonds is 6. The molecule has 0 radical (unpaired) electrons. The molecule has 0 N–H and O–H groups in total. The fourth-order valence-corrected chi connectivity index (χ4v) is 2.46. The van der Waals surface area contributed by atoms with Gasteiger partial charge < -0.3 is 14.2 Å². The fourth-order valence-electron chi connectivity index (χ4n) is 1.37. The first-order valence-electron chi connectivity index (χ1n) is 5.23. The quantitative estimate of drug-likeness (QED) is 0.431. The van der Waals surface area contributed by atoms with Crippen molar-refractivity contribution < 1.29 is 19.0 Å². The highest BCUT2D eigenvalue weighted by molar-refractivity contribution is 9.11. The first kappa shape index (κ1) is 15.6. The number of esters is 1. The average Bonchev–Trinajstić information content (AvgIpc) is 2.37. The summed E-state index contributed by atoms with van der Waals surface area (Å²) in [5.74, 6) is -0.371. The minimum atomic E-state index is -0.371. The van der Waals surface area contributed by atoms with Crippen LogP contribution in [0.5, 0.6) is 0 Å². The van der Waals surface area contributed by atoms with Crippen LogP contribution in [-0.2, 0) is 20.6 Å². The fraction of sp³-hybridized carbons (Fsp3) is 0.417. The molecule has 0 saturated heterocycles. The van der Waals surface area contributed by atoms with Crippen LogP contribution in [0, 0.1) is 0 Å². The van der Waals surface area contributed by atoms with Crippen molar-refractivity contribution in [2.45, 2.75) is 6.42 Å². The van der Waals surface area contributed by atoms with Crippen molar-refractivity contribution in [2.24, 2.45) is 0 Å². The van der Waals surface area contributed by atoms with Crippen molar-refractivity contribution in [3.8, 4) is 0 Å². The van der Waals surface area contributed by atoms with E-state index in [0.29, 0.717) is 16.6 Å². The van der Waals surface area contributed by atoms with Crippen molar-refractivity contribution in [1.82, 2.24) is 0 Å². The SMILES string of the molecule is COCOCCc1cc(Br)c(C(=O)OC)cc1Br. The predicted octanol–water partition coefficient (Wildman–Crippen LogP) is 3.16. The van der Waals surface area contributed by atoms with Crippen molar-refractivity contribution in [1.29, 1.82) is 0 Å². The molecule has 1 rings (SSSR count). The molecule has 18 heavy (non-hydrogen) atoms. The smallest absolute Gasteiger partial charge is 0.339 e. The van der Waals surface area contributed by atoms with Gasteiger partial charge in [-0.15, -0.1) is 0 Å². The summed E-state index contributed by atoms with van der Waals surface area (Å²) in [6.45, 7) is 0.829. The van der Waals surface area contributed by atoms with Gasteiger partial charge in [0.1, 0.15) is 6.79 Å². The monoisotopic (exact) mass is 380 g/mol. The average molecular weight is 382 g/mol. The van der Waals surface area contributed by atoms with Crippen LogP contribution in [-0.4, -0.2) is 33.6 Å². The molecular weight excluding hydrogens is 368 g/mol. The van der Waals surface area contributed by atoms with E-state index >= 15 is 0 Å². The van der Waals surface area contributed by atoms with Crippen molar-refractivity contribution in [2.75, 3.05) is 27.6 Å². The Kier molecular flexibility index (Phi) is 6.85. The molecule has 4 nitrogen and oxygen atoms in total. The van der Waals surface area contributed by atoms with Gasteiger partial charge in [0.2, 0.25) is 0 Å². The summed E-state index contributed by atoms with van der Waals surface area (Å²) in [6, 6.07) is 3.62. The van der Waals surface area contributed by atoms with Gasteiger partial charge in [0.25, 0.3) is 0 Å². The largest absolute Gasteiger partial charge is 0.465 e. The Labute approximate surface area is 123 Å². The Hall–Kier alpha value is -0.430. The highest BCUT2D eigenvalue weighted by Gasteiger charge is 2.13. The Balaban J connectivity index is 2.77. The maximum atomic E-state index is 11.5. The molecule has 0 bridgehead atoms. The van der Waals surface area contributed by atoms with Gasteiger partial charge in [-0.05, 0) is 40.0 Å². The molecule has 0 spiro atoms. The summed E-state index contributed by atoms with van der Waals surface area (Å²) < 4.78 is 16.3. The maximum absolute atomic E-state index is 11.5. The van der Waals surface area contributed by atoms with Gasteiger partial charge in [0.05, 0.1) is 19.3 Å². The lowest BCUT2D eigenvalue weighted by Gasteiger charge is -2.09. The van der Waals surface area contributed by atoms with E-state index in [1.165, 1.54) is 7.11 Å². The molecule has 0 saturated carbocycles. The summed E-state index contributed by atoms with van der Waals surface area (Å²) in [5.41, 5.74) is 1.54. The Morgan fingerprint density at radius 2 is 1.94 bits per heavy atom. The third-order valence-corrected chi connectivity index (χ3v) is 3.65. The lowest BCUT2D eigenvalue weighted by atomic mass is 10.1. The number of carbonyl (C=O) groups is 1. The summed E-state index contributed by atoms with van der Waals surface area (Å²) >= 11 is 6.79. The van der Waals surface area contributed by atoms with Crippen LogP contribution in [0.3, 0.4) is 0 Å². The number of methoxy groups -OCH3 is 2. The molecule has 0 heterocycles. The lowest BCUT2D eigenvalue weighted by Crippen LogP contribution is -2.05. The molecule has 100 valence electrons. The van der Waals surface area contributed by atoms with Crippen molar-refractivity contribution in [3.63, 3.8) is 0 Å². The Morgan fingerprint density at radius 3 is 2.56 bits per heavy atom. The molecule has 0 atom stereocenters. The van der Waals surface area contributed by atoms with E-state index in [1.54, 1.807) is 13.2 Å². The topological polar surface area (TPSA) is 44.8 Å². The summed E-state index contributed by atoms with van der Waals surface area (Å²) in [6.07, 6.45) is 0.726. The second kappa shape index (κ2) is 7.89. The lowest BCUT2D eigenvalue weighted by molar-refractivity contribution is -0.0291. The number of benzene rings is 1. The number of hydrogen-bond acceptors (Lipinski definition) is 4. The van der Waals surface area contributed by atoms with Gasteiger partial charge in [-0.25, -0.2) is 4.79 Å². The zero-order valence-corrected chi connectivity index (χ0v) is 13.3. The molecule has 0 aliphatic carbocycles. The molecule has 1 aromatic carbocycles. The zero-order valence-electron chi connectivity index (χ0n) is 10.2. The van der Waals surface area contributed by atoms with E-state index in [0.717, 1.165) is 16.5 Å². The molecule has 0 fully saturated rings. The van der Waals surface area contributed by atoms with Gasteiger partial charge in [0, 0.05) is 16.1 Å². The zero-order chi connectivity index (χ0) is 13.5. The Morgan fingerprint density at radius 1 is 1.22 bits per heavy atom. The Bertz CT molecular complexity index is 421. The molecule has 6 heteroatoms. The number of ether oxygens (including phenoxy) is 3. The summed E-state index contributed by atoms with van der Waals surface area (Å²) in [4.78, 5) is 11.5. The highest BCUT2D eigenvalue weighted by atomic mass is 79.9. The first-order chi connectivity index (χ1) is 8.60. The van der Waals surface area contributed by atoms with Gasteiger partial charge in [-0.1, -0.05) is 15.9 Å². The molecule has 0 amide bonds. The normalized spacial score (nSPS) is 10.4. The van der Waals surface area contributed by atoms with Gasteiger partial charge in [-0.3, -0.25) is 0 Å². The molecule has 0 unspecified atom stereocenters. The van der Waals surface area contributed by atoms with E-state index in [1.807, 2.05) is 6.07 Å². The van der Waals surface area contributed by atoms with Crippen LogP contribution in [0.15, 0.2) is 21.1 Å². The molecule has 1 aromatic rings. The first-order valence-corrected chi connectivity index (χ1v) is 6.81. The second-order valence-corrected chi connectivity index (χ2v) is 5.19. The van der Waals surface area contributed by atoms with Crippen LogP contribution in [0.1, 0.15) is 15.9 Å². The minimum Gasteiger partial charge on any atom is -0.465 e. The van der Waals surface area contributed by atoms with Gasteiger partial charge >= 0.3 is 5.97 Å². The highest BCUT2D eigenvalue weighted by Crippen LogP contribution is 2.27. The van der Waals surface area contributed by atoms with E-state index in [4.69, 9.17) is 14.2 Å². The van der Waals surface area contributed by atoms with Crippen LogP contribution >= 0.6 is 31.9 Å². The summed E-state index contributed by atoms with van der Waals surface area (Å²) in [5, 5.41) is 0. The van der Waals surface area contributed by atoms with E-state index in [2.05, 4.69) is 31.9 Å². The molecule has 0 aromatic heterocycles. The number of halogens is 2. The molecule has 0 aliphatic rings. The van der Waals surface area contributed by atoms with Crippen LogP contribution in [0.2, 0.25) is 0 Å². The molecular formula is C12H14Br2O4. The summed E-state index contributed by atoms with van der Waals surface area (Å²) in [7, 11) is 2.94. The van der Waals surface area contributed by atoms with E-state index in [9.17, 15) is 4.79 Å².